The molecule has 1 aliphatic carbocycles. The van der Waals surface area contributed by atoms with Gasteiger partial charge in [-0.25, -0.2) is 4.79 Å². The first-order chi connectivity index (χ1) is 7.90. The molecule has 3 nitrogen and oxygen atoms in total. The van der Waals surface area contributed by atoms with Gasteiger partial charge in [-0.3, -0.25) is 0 Å². The first kappa shape index (κ1) is 12.0. The molecule has 1 aromatic rings. The van der Waals surface area contributed by atoms with E-state index in [9.17, 15) is 4.79 Å². The Bertz CT molecular complexity index is 448. The number of hydrogen-bond donors (Lipinski definition) is 2. The van der Waals surface area contributed by atoms with Gasteiger partial charge in [-0.1, -0.05) is 0 Å². The van der Waals surface area contributed by atoms with E-state index in [0.717, 1.165) is 17.2 Å². The number of rotatable bonds is 4. The van der Waals surface area contributed by atoms with Crippen molar-refractivity contribution in [3.8, 4) is 0 Å². The first-order valence-electron chi connectivity index (χ1n) is 6.02. The van der Waals surface area contributed by atoms with Crippen molar-refractivity contribution in [3.05, 3.63) is 29.3 Å². The molecule has 0 radical (unpaired) electrons. The molecular weight excluding hydrogens is 214 g/mol. The van der Waals surface area contributed by atoms with E-state index in [-0.39, 0.29) is 5.54 Å². The fourth-order valence-electron chi connectivity index (χ4n) is 2.26. The summed E-state index contributed by atoms with van der Waals surface area (Å²) in [6, 6.07) is 5.43. The number of carboxylic acid groups (broad SMARTS) is 1. The van der Waals surface area contributed by atoms with Crippen LogP contribution in [0.1, 0.15) is 42.6 Å². The molecule has 0 aromatic heterocycles. The van der Waals surface area contributed by atoms with Gasteiger partial charge in [-0.05, 0) is 63.3 Å². The summed E-state index contributed by atoms with van der Waals surface area (Å²) in [5, 5.41) is 12.5. The standard InChI is InChI=1S/C14H19NO2/c1-9-8-11(6-7-12(9)13(16)17)15-14(2,3)10-4-5-10/h6-8,10,15H,4-5H2,1-3H3,(H,16,17). The minimum Gasteiger partial charge on any atom is -0.478 e. The maximum atomic E-state index is 10.9. The minimum atomic E-state index is -0.865. The second-order valence-electron chi connectivity index (χ2n) is 5.46. The average Bonchev–Trinajstić information content (AvgIpc) is 2.98. The lowest BCUT2D eigenvalue weighted by Crippen LogP contribution is -2.33. The number of aromatic carboxylic acids is 1. The Balaban J connectivity index is 2.17. The smallest absolute Gasteiger partial charge is 0.335 e. The highest BCUT2D eigenvalue weighted by Crippen LogP contribution is 2.41. The third-order valence-electron chi connectivity index (χ3n) is 3.52. The summed E-state index contributed by atoms with van der Waals surface area (Å²) in [4.78, 5) is 10.9. The number of carboxylic acids is 1. The van der Waals surface area contributed by atoms with Gasteiger partial charge in [0.25, 0.3) is 0 Å². The second-order valence-corrected chi connectivity index (χ2v) is 5.46. The van der Waals surface area contributed by atoms with Gasteiger partial charge < -0.3 is 10.4 Å². The minimum absolute atomic E-state index is 0.0944. The third-order valence-corrected chi connectivity index (χ3v) is 3.52. The Labute approximate surface area is 102 Å². The van der Waals surface area contributed by atoms with Crippen molar-refractivity contribution < 1.29 is 9.90 Å². The molecule has 1 fully saturated rings. The van der Waals surface area contributed by atoms with Crippen molar-refractivity contribution in [2.75, 3.05) is 5.32 Å². The zero-order valence-corrected chi connectivity index (χ0v) is 10.6. The van der Waals surface area contributed by atoms with Gasteiger partial charge in [0.05, 0.1) is 5.56 Å². The average molecular weight is 233 g/mol. The molecule has 1 saturated carbocycles. The molecule has 1 aromatic carbocycles. The summed E-state index contributed by atoms with van der Waals surface area (Å²) in [5.74, 6) is -0.127. The van der Waals surface area contributed by atoms with Crippen molar-refractivity contribution >= 4 is 11.7 Å². The summed E-state index contributed by atoms with van der Waals surface area (Å²) in [6.07, 6.45) is 2.57. The zero-order valence-electron chi connectivity index (χ0n) is 10.6. The molecule has 0 aliphatic heterocycles. The van der Waals surface area contributed by atoms with Gasteiger partial charge in [0, 0.05) is 11.2 Å². The van der Waals surface area contributed by atoms with Gasteiger partial charge in [-0.2, -0.15) is 0 Å². The molecule has 0 atom stereocenters. The highest BCUT2D eigenvalue weighted by atomic mass is 16.4. The van der Waals surface area contributed by atoms with Crippen LogP contribution in [0.5, 0.6) is 0 Å². The largest absolute Gasteiger partial charge is 0.478 e. The quantitative estimate of drug-likeness (QED) is 0.839. The van der Waals surface area contributed by atoms with Crippen LogP contribution in [0.25, 0.3) is 0 Å². The molecule has 0 spiro atoms. The first-order valence-corrected chi connectivity index (χ1v) is 6.02. The van der Waals surface area contributed by atoms with E-state index in [1.54, 1.807) is 6.07 Å². The van der Waals surface area contributed by atoms with Gasteiger partial charge in [0.1, 0.15) is 0 Å². The van der Waals surface area contributed by atoms with E-state index in [2.05, 4.69) is 19.2 Å². The maximum absolute atomic E-state index is 10.9. The van der Waals surface area contributed by atoms with Gasteiger partial charge in [0.15, 0.2) is 0 Å². The van der Waals surface area contributed by atoms with Crippen molar-refractivity contribution in [1.82, 2.24) is 0 Å². The molecular formula is C14H19NO2. The van der Waals surface area contributed by atoms with Crippen molar-refractivity contribution in [2.24, 2.45) is 5.92 Å². The number of hydrogen-bond acceptors (Lipinski definition) is 2. The number of benzene rings is 1. The highest BCUT2D eigenvalue weighted by Gasteiger charge is 2.37. The maximum Gasteiger partial charge on any atom is 0.335 e. The van der Waals surface area contributed by atoms with Crippen LogP contribution in [0.15, 0.2) is 18.2 Å². The Morgan fingerprint density at radius 2 is 2.06 bits per heavy atom. The summed E-state index contributed by atoms with van der Waals surface area (Å²) in [7, 11) is 0. The number of nitrogens with one attached hydrogen (secondary N) is 1. The molecule has 17 heavy (non-hydrogen) atoms. The molecule has 0 heterocycles. The number of anilines is 1. The molecule has 3 heteroatoms. The SMILES string of the molecule is Cc1cc(NC(C)(C)C2CC2)ccc1C(=O)O. The van der Waals surface area contributed by atoms with Crippen LogP contribution in [-0.4, -0.2) is 16.6 Å². The van der Waals surface area contributed by atoms with E-state index in [1.165, 1.54) is 12.8 Å². The van der Waals surface area contributed by atoms with Gasteiger partial charge in [0.2, 0.25) is 0 Å². The monoisotopic (exact) mass is 233 g/mol. The summed E-state index contributed by atoms with van der Waals surface area (Å²) < 4.78 is 0. The molecule has 92 valence electrons. The van der Waals surface area contributed by atoms with Gasteiger partial charge in [-0.15, -0.1) is 0 Å². The lowest BCUT2D eigenvalue weighted by atomic mass is 9.97. The normalized spacial score (nSPS) is 15.7. The van der Waals surface area contributed by atoms with E-state index in [1.807, 2.05) is 19.1 Å². The predicted molar refractivity (Wildman–Crippen MR) is 68.6 cm³/mol. The van der Waals surface area contributed by atoms with E-state index < -0.39 is 5.97 Å². The number of aryl methyl sites for hydroxylation is 1. The second kappa shape index (κ2) is 4.06. The van der Waals surface area contributed by atoms with Crippen LogP contribution in [0.4, 0.5) is 5.69 Å². The van der Waals surface area contributed by atoms with Crippen molar-refractivity contribution in [3.63, 3.8) is 0 Å². The Morgan fingerprint density at radius 3 is 2.53 bits per heavy atom. The van der Waals surface area contributed by atoms with Crippen molar-refractivity contribution in [1.29, 1.82) is 0 Å². The van der Waals surface area contributed by atoms with E-state index in [0.29, 0.717) is 5.56 Å². The molecule has 2 N–H and O–H groups in total. The summed E-state index contributed by atoms with van der Waals surface area (Å²) >= 11 is 0. The van der Waals surface area contributed by atoms with Crippen LogP contribution in [0, 0.1) is 12.8 Å². The molecule has 0 unspecified atom stereocenters. The van der Waals surface area contributed by atoms with Crippen LogP contribution < -0.4 is 5.32 Å². The van der Waals surface area contributed by atoms with Crippen LogP contribution in [-0.2, 0) is 0 Å². The van der Waals surface area contributed by atoms with Crippen LogP contribution >= 0.6 is 0 Å². The molecule has 0 saturated heterocycles. The Morgan fingerprint density at radius 1 is 1.41 bits per heavy atom. The lowest BCUT2D eigenvalue weighted by molar-refractivity contribution is 0.0696. The predicted octanol–water partition coefficient (Wildman–Crippen LogP) is 3.29. The summed E-state index contributed by atoms with van der Waals surface area (Å²) in [5.41, 5.74) is 2.27. The van der Waals surface area contributed by atoms with Crippen molar-refractivity contribution in [2.45, 2.75) is 39.2 Å². The topological polar surface area (TPSA) is 49.3 Å². The van der Waals surface area contributed by atoms with Crippen LogP contribution in [0.3, 0.4) is 0 Å². The molecule has 0 amide bonds. The molecule has 1 aliphatic rings. The van der Waals surface area contributed by atoms with E-state index >= 15 is 0 Å². The van der Waals surface area contributed by atoms with Gasteiger partial charge >= 0.3 is 5.97 Å². The fraction of sp³-hybridized carbons (Fsp3) is 0.500. The zero-order chi connectivity index (χ0) is 12.6. The summed E-state index contributed by atoms with van der Waals surface area (Å²) in [6.45, 7) is 6.23. The Hall–Kier alpha value is -1.51. The Kier molecular flexibility index (Phi) is 2.86. The van der Waals surface area contributed by atoms with Crippen LogP contribution in [0.2, 0.25) is 0 Å². The number of carbonyl (C=O) groups is 1. The third kappa shape index (κ3) is 2.60. The highest BCUT2D eigenvalue weighted by molar-refractivity contribution is 5.89. The van der Waals surface area contributed by atoms with E-state index in [4.69, 9.17) is 5.11 Å². The fourth-order valence-corrected chi connectivity index (χ4v) is 2.26. The molecule has 0 bridgehead atoms. The molecule has 2 rings (SSSR count). The lowest BCUT2D eigenvalue weighted by Gasteiger charge is -2.27.